The van der Waals surface area contributed by atoms with E-state index >= 15 is 0 Å². The van der Waals surface area contributed by atoms with Crippen molar-refractivity contribution in [1.82, 2.24) is 10.2 Å². The number of hydrogen-bond donors (Lipinski definition) is 1. The average Bonchev–Trinajstić information content (AvgIpc) is 3.02. The van der Waals surface area contributed by atoms with Crippen LogP contribution in [0.2, 0.25) is 0 Å². The molecule has 0 aromatic rings. The standard InChI is InChI=1S/C10H22.C7H17N.C6H15N.C6H14S.C5H11Cl.C5H12.2C3H8.8CH4/c1-4-5-6-7-8-9-10(2)3;1-4-6-8(3)7-5-2;2*1-3-5-7-6-4-2;1-3-5(2)4-6;1-5(2,3)4;2*1-3-2;;;;;;;;/h10H,4-9H2,1-3H3;4-7H2,1-3H3;7H,3-6H2,1-2H3;3-6H2,1-2H3;5H,3-4H2,1-2H3;1-4H3;2*3H2,1-2H3;8*1H4. The van der Waals surface area contributed by atoms with E-state index in [0.29, 0.717) is 11.3 Å². The van der Waals surface area contributed by atoms with Gasteiger partial charge in [0.2, 0.25) is 0 Å². The molecule has 0 aliphatic rings. The molecule has 4 heteroatoms. The van der Waals surface area contributed by atoms with E-state index in [-0.39, 0.29) is 59.4 Å². The fraction of sp³-hybridized carbons (Fsp3) is 1.00. The minimum absolute atomic E-state index is 0. The number of halogens is 1. The van der Waals surface area contributed by atoms with Crippen molar-refractivity contribution in [3.05, 3.63) is 0 Å². The largest absolute Gasteiger partial charge is 0.317 e. The first kappa shape index (κ1) is 107. The maximum atomic E-state index is 5.45. The number of nitrogens with one attached hydrogen (secondary N) is 1. The Morgan fingerprint density at radius 2 is 0.825 bits per heavy atom. The summed E-state index contributed by atoms with van der Waals surface area (Å²) in [6.07, 6.45) is 19.9. The average molecular weight is 872 g/mol. The van der Waals surface area contributed by atoms with E-state index in [2.05, 4.69) is 161 Å². The van der Waals surface area contributed by atoms with Gasteiger partial charge in [-0.2, -0.15) is 11.8 Å². The van der Waals surface area contributed by atoms with Crippen LogP contribution in [0.25, 0.3) is 0 Å². The minimum Gasteiger partial charge on any atom is -0.317 e. The van der Waals surface area contributed by atoms with Crippen molar-refractivity contribution in [2.24, 2.45) is 17.3 Å². The van der Waals surface area contributed by atoms with Crippen LogP contribution in [0.5, 0.6) is 0 Å². The fourth-order valence-corrected chi connectivity index (χ4v) is 4.01. The van der Waals surface area contributed by atoms with E-state index in [1.165, 1.54) is 134 Å². The lowest BCUT2D eigenvalue weighted by Gasteiger charge is -2.12. The van der Waals surface area contributed by atoms with Crippen LogP contribution in [0.15, 0.2) is 0 Å². The van der Waals surface area contributed by atoms with Gasteiger partial charge in [-0.25, -0.2) is 0 Å². The third-order valence-electron chi connectivity index (χ3n) is 5.61. The van der Waals surface area contributed by atoms with Gasteiger partial charge in [-0.3, -0.25) is 0 Å². The molecule has 0 radical (unpaired) electrons. The monoisotopic (exact) mass is 871 g/mol. The van der Waals surface area contributed by atoms with E-state index in [1.807, 2.05) is 0 Å². The quantitative estimate of drug-likeness (QED) is 0.0969. The molecule has 2 nitrogen and oxygen atoms in total. The van der Waals surface area contributed by atoms with Gasteiger partial charge in [-0.05, 0) is 101 Å². The molecule has 1 atom stereocenters. The van der Waals surface area contributed by atoms with Crippen molar-refractivity contribution in [2.45, 2.75) is 287 Å². The summed E-state index contributed by atoms with van der Waals surface area (Å²) >= 11 is 7.51. The molecule has 0 aromatic heterocycles. The predicted octanol–water partition coefficient (Wildman–Crippen LogP) is 21.9. The minimum atomic E-state index is 0. The van der Waals surface area contributed by atoms with E-state index in [1.54, 1.807) is 0 Å². The predicted molar refractivity (Wildman–Crippen MR) is 299 cm³/mol. The molecule has 0 heterocycles. The molecule has 0 saturated carbocycles. The summed E-state index contributed by atoms with van der Waals surface area (Å²) in [6, 6.07) is 0. The van der Waals surface area contributed by atoms with Gasteiger partial charge in [-0.1, -0.05) is 249 Å². The Hall–Kier alpha value is 0.560. The lowest BCUT2D eigenvalue weighted by molar-refractivity contribution is 0.335. The Morgan fingerprint density at radius 1 is 0.509 bits per heavy atom. The molecule has 0 fully saturated rings. The first-order valence-electron chi connectivity index (χ1n) is 21.6. The van der Waals surface area contributed by atoms with Gasteiger partial charge in [0.05, 0.1) is 0 Å². The molecular weight excluding hydrogens is 732 g/mol. The van der Waals surface area contributed by atoms with Crippen molar-refractivity contribution in [3.8, 4) is 0 Å². The second-order valence-electron chi connectivity index (χ2n) is 15.3. The van der Waals surface area contributed by atoms with Gasteiger partial charge in [0.25, 0.3) is 0 Å². The zero-order valence-corrected chi connectivity index (χ0v) is 40.5. The maximum Gasteiger partial charge on any atom is 0.0249 e. The molecule has 374 valence electrons. The highest BCUT2D eigenvalue weighted by Gasteiger charge is 1.96. The molecule has 0 aromatic carbocycles. The van der Waals surface area contributed by atoms with Crippen LogP contribution >= 0.6 is 23.4 Å². The fourth-order valence-electron chi connectivity index (χ4n) is 3.01. The number of alkyl halides is 1. The van der Waals surface area contributed by atoms with Gasteiger partial charge >= 0.3 is 0 Å². The van der Waals surface area contributed by atoms with Gasteiger partial charge in [0.15, 0.2) is 0 Å². The first-order chi connectivity index (χ1) is 23.0. The van der Waals surface area contributed by atoms with Crippen LogP contribution in [-0.2, 0) is 0 Å². The lowest BCUT2D eigenvalue weighted by Crippen LogP contribution is -2.19. The molecule has 0 aliphatic heterocycles. The Balaban J connectivity index is -0.0000000241. The maximum absolute atomic E-state index is 5.45. The number of nitrogens with zero attached hydrogens (tertiary/aromatic N) is 1. The van der Waals surface area contributed by atoms with Gasteiger partial charge in [-0.15, -0.1) is 11.6 Å². The second-order valence-corrected chi connectivity index (χ2v) is 16.9. The highest BCUT2D eigenvalue weighted by molar-refractivity contribution is 7.99. The second kappa shape index (κ2) is 112. The van der Waals surface area contributed by atoms with Crippen LogP contribution in [0.1, 0.15) is 287 Å². The molecule has 57 heavy (non-hydrogen) atoms. The lowest BCUT2D eigenvalue weighted by atomic mass is 10.0. The number of hydrogen-bond acceptors (Lipinski definition) is 3. The van der Waals surface area contributed by atoms with Crippen LogP contribution in [0.4, 0.5) is 0 Å². The Kier molecular flexibility index (Phi) is 209. The topological polar surface area (TPSA) is 15.3 Å². The number of rotatable bonds is 20. The van der Waals surface area contributed by atoms with Crippen molar-refractivity contribution < 1.29 is 0 Å². The molecule has 1 N–H and O–H groups in total. The molecule has 1 unspecified atom stereocenters. The summed E-state index contributed by atoms with van der Waals surface area (Å²) < 4.78 is 0. The molecule has 0 aliphatic carbocycles. The zero-order valence-electron chi connectivity index (χ0n) is 38.9. The Labute approximate surface area is 387 Å². The molecule has 0 spiro atoms. The van der Waals surface area contributed by atoms with E-state index in [0.717, 1.165) is 11.8 Å². The van der Waals surface area contributed by atoms with E-state index < -0.39 is 0 Å². The Bertz CT molecular complexity index is 392. The smallest absolute Gasteiger partial charge is 0.0249 e. The zero-order chi connectivity index (χ0) is 40.2. The number of unbranched alkanes of at least 4 members (excludes halogenated alkanes) is 4. The van der Waals surface area contributed by atoms with Crippen LogP contribution in [0, 0.1) is 17.3 Å². The molecular formula is C53H139ClN2S. The summed E-state index contributed by atoms with van der Waals surface area (Å²) in [5, 5.41) is 3.28. The molecule has 0 bridgehead atoms. The normalized spacial score (nSPS) is 8.89. The molecule has 0 rings (SSSR count). The highest BCUT2D eigenvalue weighted by atomic mass is 35.5. The van der Waals surface area contributed by atoms with Crippen LogP contribution in [-0.4, -0.2) is 55.5 Å². The van der Waals surface area contributed by atoms with Crippen LogP contribution < -0.4 is 5.32 Å². The summed E-state index contributed by atoms with van der Waals surface area (Å²) in [4.78, 5) is 2.36. The summed E-state index contributed by atoms with van der Waals surface area (Å²) in [5.74, 6) is 5.09. The van der Waals surface area contributed by atoms with Crippen molar-refractivity contribution in [3.63, 3.8) is 0 Å². The highest BCUT2D eigenvalue weighted by Crippen LogP contribution is 2.10. The van der Waals surface area contributed by atoms with Gasteiger partial charge in [0, 0.05) is 5.88 Å². The van der Waals surface area contributed by atoms with E-state index in [9.17, 15) is 0 Å². The van der Waals surface area contributed by atoms with Crippen molar-refractivity contribution in [2.75, 3.05) is 50.6 Å². The molecule has 0 amide bonds. The SMILES string of the molecule is C.C.C.C.C.C.C.C.CC(C)(C)C.CCC.CCC.CCC(C)CCl.CCCCCCCC(C)C.CCCN(C)CCC.CCCNCCC.CCCSCCC. The molecule has 0 saturated heterocycles. The third-order valence-corrected chi connectivity index (χ3v) is 7.53. The third kappa shape index (κ3) is 258. The first-order valence-corrected chi connectivity index (χ1v) is 23.3. The van der Waals surface area contributed by atoms with E-state index in [4.69, 9.17) is 11.6 Å². The van der Waals surface area contributed by atoms with Crippen molar-refractivity contribution >= 4 is 23.4 Å². The summed E-state index contributed by atoms with van der Waals surface area (Å²) in [5.41, 5.74) is 0.500. The summed E-state index contributed by atoms with van der Waals surface area (Å²) in [6.45, 7) is 46.5. The van der Waals surface area contributed by atoms with Crippen LogP contribution in [0.3, 0.4) is 0 Å². The van der Waals surface area contributed by atoms with Gasteiger partial charge in [0.1, 0.15) is 0 Å². The van der Waals surface area contributed by atoms with Gasteiger partial charge < -0.3 is 10.2 Å². The summed E-state index contributed by atoms with van der Waals surface area (Å²) in [7, 11) is 2.17. The van der Waals surface area contributed by atoms with Crippen molar-refractivity contribution in [1.29, 1.82) is 0 Å². The number of thioether (sulfide) groups is 1. The Morgan fingerprint density at radius 3 is 1.02 bits per heavy atom.